The van der Waals surface area contributed by atoms with Crippen molar-refractivity contribution in [2.75, 3.05) is 0 Å². The number of rotatable bonds is 4. The van der Waals surface area contributed by atoms with E-state index in [-0.39, 0.29) is 23.8 Å². The van der Waals surface area contributed by atoms with E-state index in [1.807, 2.05) is 30.3 Å². The Labute approximate surface area is 132 Å². The minimum absolute atomic E-state index is 0.0321. The summed E-state index contributed by atoms with van der Waals surface area (Å²) in [5.74, 6) is -1.41. The van der Waals surface area contributed by atoms with Gasteiger partial charge < -0.3 is 5.32 Å². The van der Waals surface area contributed by atoms with Gasteiger partial charge in [0.15, 0.2) is 0 Å². The molecule has 3 rings (SSSR count). The van der Waals surface area contributed by atoms with E-state index in [2.05, 4.69) is 20.6 Å². The van der Waals surface area contributed by atoms with Crippen LogP contribution >= 0.6 is 11.3 Å². The van der Waals surface area contributed by atoms with Crippen molar-refractivity contribution in [1.82, 2.24) is 25.1 Å². The Morgan fingerprint density at radius 2 is 1.96 bits per heavy atom. The van der Waals surface area contributed by atoms with E-state index in [0.717, 1.165) is 16.9 Å². The summed E-state index contributed by atoms with van der Waals surface area (Å²) in [5.41, 5.74) is 0.850. The summed E-state index contributed by atoms with van der Waals surface area (Å²) in [6.45, 7) is 0.0387. The fourth-order valence-electron chi connectivity index (χ4n) is 1.92. The van der Waals surface area contributed by atoms with Gasteiger partial charge in [-0.3, -0.25) is 4.79 Å². The van der Waals surface area contributed by atoms with Gasteiger partial charge in [0.25, 0.3) is 5.82 Å². The molecule has 3 aromatic rings. The molecule has 0 aliphatic rings. The van der Waals surface area contributed by atoms with Crippen LogP contribution in [0.5, 0.6) is 0 Å². The Morgan fingerprint density at radius 1 is 1.22 bits per heavy atom. The highest BCUT2D eigenvalue weighted by atomic mass is 32.1. The molecule has 0 saturated carbocycles. The normalized spacial score (nSPS) is 11.8. The number of nitrogens with one attached hydrogen (secondary N) is 1. The summed E-state index contributed by atoms with van der Waals surface area (Å²) in [4.78, 5) is 11.8. The molecule has 0 unspecified atom stereocenters. The van der Waals surface area contributed by atoms with Crippen LogP contribution in [0.1, 0.15) is 16.4 Å². The lowest BCUT2D eigenvalue weighted by molar-refractivity contribution is -0.146. The van der Waals surface area contributed by atoms with E-state index in [1.54, 1.807) is 0 Å². The molecule has 0 bridgehead atoms. The zero-order valence-electron chi connectivity index (χ0n) is 11.5. The van der Waals surface area contributed by atoms with Gasteiger partial charge in [0, 0.05) is 0 Å². The summed E-state index contributed by atoms with van der Waals surface area (Å²) in [6, 6.07) is 9.13. The smallest absolute Gasteiger partial charge is 0.349 e. The molecule has 2 aromatic heterocycles. The summed E-state index contributed by atoms with van der Waals surface area (Å²) in [6.07, 6.45) is -4.43. The number of hydrogen-bond acceptors (Lipinski definition) is 5. The molecular formula is C13H10F3N5OS. The van der Waals surface area contributed by atoms with Gasteiger partial charge in [-0.1, -0.05) is 41.7 Å². The zero-order chi connectivity index (χ0) is 16.4. The molecule has 1 amide bonds. The third-order valence-electron chi connectivity index (χ3n) is 2.93. The standard InChI is InChI=1S/C13H10F3N5OS/c14-13(15,16)11-18-19-12-21(11)20-10(23-12)7-17-9(22)6-8-4-2-1-3-5-8/h1-5H,6-7H2,(H,17,22). The Balaban J connectivity index is 1.66. The Bertz CT molecular complexity index is 827. The molecule has 0 fully saturated rings. The van der Waals surface area contributed by atoms with Crippen molar-refractivity contribution in [2.24, 2.45) is 0 Å². The maximum atomic E-state index is 12.7. The zero-order valence-corrected chi connectivity index (χ0v) is 12.4. The second-order valence-electron chi connectivity index (χ2n) is 4.65. The monoisotopic (exact) mass is 341 g/mol. The molecule has 0 aliphatic carbocycles. The Morgan fingerprint density at radius 3 is 2.65 bits per heavy atom. The number of benzene rings is 1. The quantitative estimate of drug-likeness (QED) is 0.788. The van der Waals surface area contributed by atoms with Gasteiger partial charge in [0.2, 0.25) is 10.9 Å². The van der Waals surface area contributed by atoms with Crippen molar-refractivity contribution in [1.29, 1.82) is 0 Å². The van der Waals surface area contributed by atoms with Crippen LogP contribution in [-0.2, 0) is 23.9 Å². The van der Waals surface area contributed by atoms with Crippen molar-refractivity contribution in [3.05, 3.63) is 46.7 Å². The molecule has 2 heterocycles. The molecule has 120 valence electrons. The van der Waals surface area contributed by atoms with Crippen LogP contribution in [-0.4, -0.2) is 25.7 Å². The fourth-order valence-corrected chi connectivity index (χ4v) is 2.70. The molecule has 0 aliphatic heterocycles. The van der Waals surface area contributed by atoms with Gasteiger partial charge in [-0.25, -0.2) is 0 Å². The third-order valence-corrected chi connectivity index (χ3v) is 3.83. The van der Waals surface area contributed by atoms with Crippen LogP contribution in [0.25, 0.3) is 4.96 Å². The van der Waals surface area contributed by atoms with Crippen molar-refractivity contribution >= 4 is 22.2 Å². The lowest BCUT2D eigenvalue weighted by Gasteiger charge is -2.03. The number of carbonyl (C=O) groups is 1. The van der Waals surface area contributed by atoms with Crippen molar-refractivity contribution < 1.29 is 18.0 Å². The van der Waals surface area contributed by atoms with E-state index in [4.69, 9.17) is 0 Å². The average molecular weight is 341 g/mol. The summed E-state index contributed by atoms with van der Waals surface area (Å²) < 4.78 is 38.7. The van der Waals surface area contributed by atoms with Crippen LogP contribution in [0.15, 0.2) is 30.3 Å². The first-order valence-electron chi connectivity index (χ1n) is 6.52. The minimum Gasteiger partial charge on any atom is -0.349 e. The SMILES string of the molecule is O=C(Cc1ccccc1)NCc1nn2c(C(F)(F)F)nnc2s1. The summed E-state index contributed by atoms with van der Waals surface area (Å²) in [5, 5.41) is 13.2. The molecule has 23 heavy (non-hydrogen) atoms. The fraction of sp³-hybridized carbons (Fsp3) is 0.231. The van der Waals surface area contributed by atoms with Gasteiger partial charge >= 0.3 is 6.18 Å². The lowest BCUT2D eigenvalue weighted by atomic mass is 10.1. The van der Waals surface area contributed by atoms with E-state index >= 15 is 0 Å². The third kappa shape index (κ3) is 3.47. The number of carbonyl (C=O) groups excluding carboxylic acids is 1. The van der Waals surface area contributed by atoms with Gasteiger partial charge in [0.05, 0.1) is 13.0 Å². The van der Waals surface area contributed by atoms with Crippen LogP contribution in [0.2, 0.25) is 0 Å². The maximum Gasteiger partial charge on any atom is 0.453 e. The molecule has 0 atom stereocenters. The number of amides is 1. The number of aromatic nitrogens is 4. The Hall–Kier alpha value is -2.49. The molecule has 1 aromatic carbocycles. The Kier molecular flexibility index (Phi) is 3.99. The largest absolute Gasteiger partial charge is 0.453 e. The minimum atomic E-state index is -4.62. The highest BCUT2D eigenvalue weighted by Crippen LogP contribution is 2.28. The van der Waals surface area contributed by atoms with Gasteiger partial charge in [-0.2, -0.15) is 22.8 Å². The molecular weight excluding hydrogens is 331 g/mol. The first-order valence-corrected chi connectivity index (χ1v) is 7.34. The van der Waals surface area contributed by atoms with Crippen LogP contribution in [0.3, 0.4) is 0 Å². The van der Waals surface area contributed by atoms with Crippen molar-refractivity contribution in [3.63, 3.8) is 0 Å². The maximum absolute atomic E-state index is 12.7. The number of halogens is 3. The first kappa shape index (κ1) is 15.4. The number of alkyl halides is 3. The van der Waals surface area contributed by atoms with Crippen molar-refractivity contribution in [2.45, 2.75) is 19.1 Å². The van der Waals surface area contributed by atoms with Crippen molar-refractivity contribution in [3.8, 4) is 0 Å². The number of fused-ring (bicyclic) bond motifs is 1. The highest BCUT2D eigenvalue weighted by molar-refractivity contribution is 7.16. The van der Waals surface area contributed by atoms with E-state index < -0.39 is 12.0 Å². The highest BCUT2D eigenvalue weighted by Gasteiger charge is 2.38. The second-order valence-corrected chi connectivity index (χ2v) is 5.69. The van der Waals surface area contributed by atoms with Gasteiger partial charge in [-0.15, -0.1) is 10.2 Å². The van der Waals surface area contributed by atoms with E-state index in [1.165, 1.54) is 0 Å². The van der Waals surface area contributed by atoms with Crippen LogP contribution in [0.4, 0.5) is 13.2 Å². The van der Waals surface area contributed by atoms with E-state index in [9.17, 15) is 18.0 Å². The van der Waals surface area contributed by atoms with E-state index in [0.29, 0.717) is 9.52 Å². The molecule has 6 nitrogen and oxygen atoms in total. The lowest BCUT2D eigenvalue weighted by Crippen LogP contribution is -2.24. The summed E-state index contributed by atoms with van der Waals surface area (Å²) in [7, 11) is 0. The topological polar surface area (TPSA) is 72.2 Å². The molecule has 0 radical (unpaired) electrons. The molecule has 10 heteroatoms. The predicted octanol–water partition coefficient (Wildman–Crippen LogP) is 2.06. The molecule has 1 N–H and O–H groups in total. The second kappa shape index (κ2) is 5.95. The number of nitrogens with zero attached hydrogens (tertiary/aromatic N) is 4. The number of hydrogen-bond donors (Lipinski definition) is 1. The average Bonchev–Trinajstić information content (AvgIpc) is 3.04. The summed E-state index contributed by atoms with van der Waals surface area (Å²) >= 11 is 0.946. The first-order chi connectivity index (χ1) is 10.9. The van der Waals surface area contributed by atoms with Gasteiger partial charge in [0.1, 0.15) is 5.01 Å². The van der Waals surface area contributed by atoms with Crippen LogP contribution < -0.4 is 5.32 Å². The van der Waals surface area contributed by atoms with Crippen LogP contribution in [0, 0.1) is 0 Å². The molecule has 0 saturated heterocycles. The molecule has 0 spiro atoms. The van der Waals surface area contributed by atoms with Gasteiger partial charge in [-0.05, 0) is 5.56 Å². The predicted molar refractivity (Wildman–Crippen MR) is 75.7 cm³/mol.